The molecule has 1 aromatic heterocycles. The van der Waals surface area contributed by atoms with Crippen molar-refractivity contribution < 1.29 is 18.3 Å². The first-order valence-electron chi connectivity index (χ1n) is 5.01. The second kappa shape index (κ2) is 5.04. The first-order chi connectivity index (χ1) is 7.42. The van der Waals surface area contributed by atoms with Crippen LogP contribution < -0.4 is 10.0 Å². The van der Waals surface area contributed by atoms with Crippen molar-refractivity contribution >= 4 is 12.9 Å². The maximum Gasteiger partial charge on any atom is 0.362 e. The standard InChI is InChI=1S/C10H18NO4P/c1-7(2)15-10-6-9(8(3)11-10)16(12,13-4)14-5/h6-7,11H,1-5H3. The number of hydrogen-bond acceptors (Lipinski definition) is 4. The van der Waals surface area contributed by atoms with E-state index in [4.69, 9.17) is 13.8 Å². The van der Waals surface area contributed by atoms with Crippen molar-refractivity contribution in [1.29, 1.82) is 0 Å². The van der Waals surface area contributed by atoms with Gasteiger partial charge in [0, 0.05) is 26.0 Å². The van der Waals surface area contributed by atoms with Gasteiger partial charge in [-0.25, -0.2) is 0 Å². The van der Waals surface area contributed by atoms with Gasteiger partial charge in [-0.1, -0.05) is 0 Å². The summed E-state index contributed by atoms with van der Waals surface area (Å²) in [5.74, 6) is 0.567. The minimum atomic E-state index is -3.20. The number of aromatic amines is 1. The van der Waals surface area contributed by atoms with Crippen LogP contribution in [0.15, 0.2) is 6.07 Å². The van der Waals surface area contributed by atoms with Gasteiger partial charge in [-0.15, -0.1) is 0 Å². The molecule has 0 aliphatic heterocycles. The monoisotopic (exact) mass is 247 g/mol. The summed E-state index contributed by atoms with van der Waals surface area (Å²) in [6.45, 7) is 5.64. The van der Waals surface area contributed by atoms with Gasteiger partial charge < -0.3 is 18.8 Å². The van der Waals surface area contributed by atoms with E-state index in [-0.39, 0.29) is 6.10 Å². The number of aryl methyl sites for hydroxylation is 1. The molecule has 6 heteroatoms. The van der Waals surface area contributed by atoms with E-state index >= 15 is 0 Å². The maximum atomic E-state index is 12.2. The molecule has 0 aromatic carbocycles. The molecule has 0 saturated heterocycles. The highest BCUT2D eigenvalue weighted by Crippen LogP contribution is 2.46. The number of nitrogens with one attached hydrogen (secondary N) is 1. The summed E-state index contributed by atoms with van der Waals surface area (Å²) >= 11 is 0. The topological polar surface area (TPSA) is 60.6 Å². The van der Waals surface area contributed by atoms with E-state index in [1.165, 1.54) is 14.2 Å². The second-order valence-corrected chi connectivity index (χ2v) is 5.88. The molecule has 92 valence electrons. The number of aromatic nitrogens is 1. The van der Waals surface area contributed by atoms with Gasteiger partial charge in [-0.3, -0.25) is 4.57 Å². The van der Waals surface area contributed by atoms with E-state index < -0.39 is 7.60 Å². The van der Waals surface area contributed by atoms with Gasteiger partial charge in [0.15, 0.2) is 5.88 Å². The van der Waals surface area contributed by atoms with Gasteiger partial charge in [0.05, 0.1) is 11.4 Å². The van der Waals surface area contributed by atoms with Gasteiger partial charge in [0.2, 0.25) is 0 Å². The Kier molecular flexibility index (Phi) is 4.19. The quantitative estimate of drug-likeness (QED) is 0.810. The maximum absolute atomic E-state index is 12.2. The Labute approximate surface area is 95.6 Å². The third-order valence-corrected chi connectivity index (χ3v) is 4.12. The van der Waals surface area contributed by atoms with Crippen LogP contribution in [-0.4, -0.2) is 25.3 Å². The van der Waals surface area contributed by atoms with Gasteiger partial charge in [-0.05, 0) is 20.8 Å². The van der Waals surface area contributed by atoms with Crippen molar-refractivity contribution in [2.75, 3.05) is 14.2 Å². The number of ether oxygens (including phenoxy) is 1. The largest absolute Gasteiger partial charge is 0.476 e. The Morgan fingerprint density at radius 2 is 1.88 bits per heavy atom. The Morgan fingerprint density at radius 3 is 2.31 bits per heavy atom. The Bertz CT molecular complexity index is 392. The van der Waals surface area contributed by atoms with Crippen LogP contribution in [-0.2, 0) is 13.6 Å². The van der Waals surface area contributed by atoms with Crippen LogP contribution in [0.2, 0.25) is 0 Å². The van der Waals surface area contributed by atoms with Crippen molar-refractivity contribution in [2.24, 2.45) is 0 Å². The molecule has 1 N–H and O–H groups in total. The third-order valence-electron chi connectivity index (χ3n) is 2.10. The molecule has 0 fully saturated rings. The van der Waals surface area contributed by atoms with Gasteiger partial charge in [-0.2, -0.15) is 0 Å². The van der Waals surface area contributed by atoms with Crippen LogP contribution in [0.5, 0.6) is 5.88 Å². The zero-order chi connectivity index (χ0) is 12.3. The third kappa shape index (κ3) is 2.67. The molecule has 0 saturated carbocycles. The molecule has 1 aromatic rings. The van der Waals surface area contributed by atoms with Crippen molar-refractivity contribution in [3.63, 3.8) is 0 Å². The molecular weight excluding hydrogens is 229 g/mol. The fourth-order valence-electron chi connectivity index (χ4n) is 1.39. The molecule has 0 aliphatic carbocycles. The molecule has 1 rings (SSSR count). The predicted molar refractivity (Wildman–Crippen MR) is 62.6 cm³/mol. The molecule has 1 heterocycles. The number of rotatable bonds is 5. The fraction of sp³-hybridized carbons (Fsp3) is 0.600. The van der Waals surface area contributed by atoms with Crippen LogP contribution in [0.4, 0.5) is 0 Å². The zero-order valence-corrected chi connectivity index (χ0v) is 11.1. The molecule has 0 atom stereocenters. The van der Waals surface area contributed by atoms with Crippen molar-refractivity contribution in [3.05, 3.63) is 11.8 Å². The lowest BCUT2D eigenvalue weighted by Crippen LogP contribution is -2.08. The summed E-state index contributed by atoms with van der Waals surface area (Å²) in [5, 5.41) is 0.508. The molecular formula is C10H18NO4P. The van der Waals surface area contributed by atoms with Crippen molar-refractivity contribution in [1.82, 2.24) is 4.98 Å². The first-order valence-corrected chi connectivity index (χ1v) is 6.55. The van der Waals surface area contributed by atoms with Crippen LogP contribution in [0, 0.1) is 6.92 Å². The van der Waals surface area contributed by atoms with E-state index in [0.717, 1.165) is 5.69 Å². The average Bonchev–Trinajstić information content (AvgIpc) is 2.58. The molecule has 0 aliphatic rings. The molecule has 5 nitrogen and oxygen atoms in total. The highest BCUT2D eigenvalue weighted by Gasteiger charge is 2.28. The van der Waals surface area contributed by atoms with Gasteiger partial charge in [0.1, 0.15) is 0 Å². The van der Waals surface area contributed by atoms with Crippen LogP contribution >= 0.6 is 7.60 Å². The number of hydrogen-bond donors (Lipinski definition) is 1. The minimum absolute atomic E-state index is 0.0513. The smallest absolute Gasteiger partial charge is 0.362 e. The highest BCUT2D eigenvalue weighted by molar-refractivity contribution is 7.62. The van der Waals surface area contributed by atoms with Crippen LogP contribution in [0.25, 0.3) is 0 Å². The van der Waals surface area contributed by atoms with E-state index in [1.807, 2.05) is 13.8 Å². The van der Waals surface area contributed by atoms with E-state index in [1.54, 1.807) is 13.0 Å². The summed E-state index contributed by atoms with van der Waals surface area (Å²) in [6.07, 6.45) is 0.0513. The SMILES string of the molecule is COP(=O)(OC)c1cc(OC(C)C)[nH]c1C. The molecule has 0 spiro atoms. The van der Waals surface area contributed by atoms with Gasteiger partial charge in [0.25, 0.3) is 0 Å². The first kappa shape index (κ1) is 13.3. The predicted octanol–water partition coefficient (Wildman–Crippen LogP) is 2.22. The zero-order valence-electron chi connectivity index (χ0n) is 10.2. The lowest BCUT2D eigenvalue weighted by molar-refractivity contribution is 0.233. The normalized spacial score (nSPS) is 12.1. The lowest BCUT2D eigenvalue weighted by atomic mass is 10.5. The Hall–Kier alpha value is -0.770. The average molecular weight is 247 g/mol. The molecule has 0 amide bonds. The Morgan fingerprint density at radius 1 is 1.31 bits per heavy atom. The molecule has 0 bridgehead atoms. The Balaban J connectivity index is 3.06. The summed E-state index contributed by atoms with van der Waals surface area (Å²) in [6, 6.07) is 1.66. The van der Waals surface area contributed by atoms with E-state index in [9.17, 15) is 4.57 Å². The fourth-order valence-corrected chi connectivity index (χ4v) is 2.67. The minimum Gasteiger partial charge on any atom is -0.476 e. The summed E-state index contributed by atoms with van der Waals surface area (Å²) in [7, 11) is -0.483. The van der Waals surface area contributed by atoms with Crippen LogP contribution in [0.3, 0.4) is 0 Å². The van der Waals surface area contributed by atoms with Gasteiger partial charge >= 0.3 is 7.60 Å². The van der Waals surface area contributed by atoms with Crippen molar-refractivity contribution in [3.8, 4) is 5.88 Å². The lowest BCUT2D eigenvalue weighted by Gasteiger charge is -2.12. The van der Waals surface area contributed by atoms with E-state index in [0.29, 0.717) is 11.2 Å². The number of H-pyrrole nitrogens is 1. The summed E-state index contributed by atoms with van der Waals surface area (Å²) in [4.78, 5) is 3.00. The van der Waals surface area contributed by atoms with Crippen molar-refractivity contribution in [2.45, 2.75) is 26.9 Å². The molecule has 0 radical (unpaired) electrons. The highest BCUT2D eigenvalue weighted by atomic mass is 31.2. The van der Waals surface area contributed by atoms with Crippen LogP contribution in [0.1, 0.15) is 19.5 Å². The second-order valence-electron chi connectivity index (χ2n) is 3.67. The molecule has 0 unspecified atom stereocenters. The van der Waals surface area contributed by atoms with E-state index in [2.05, 4.69) is 4.98 Å². The molecule has 16 heavy (non-hydrogen) atoms. The summed E-state index contributed by atoms with van der Waals surface area (Å²) < 4.78 is 27.5. The summed E-state index contributed by atoms with van der Waals surface area (Å²) in [5.41, 5.74) is 0.725.